The minimum Gasteiger partial charge on any atom is -0.478 e. The molecule has 0 saturated carbocycles. The van der Waals surface area contributed by atoms with E-state index in [-0.39, 0.29) is 11.1 Å². The Balaban J connectivity index is 2.62. The van der Waals surface area contributed by atoms with Gasteiger partial charge in [0.1, 0.15) is 5.82 Å². The minimum absolute atomic E-state index is 0.0694. The molecule has 2 aromatic carbocycles. The van der Waals surface area contributed by atoms with E-state index in [1.54, 1.807) is 18.2 Å². The molecule has 2 rings (SSSR count). The first-order valence-electron chi connectivity index (χ1n) is 5.21. The highest BCUT2D eigenvalue weighted by atomic mass is 19.1. The molecular formula is C14H9FO3. The summed E-state index contributed by atoms with van der Waals surface area (Å²) in [5.41, 5.74) is 0.901. The van der Waals surface area contributed by atoms with Gasteiger partial charge in [0.25, 0.3) is 0 Å². The number of hydrogen-bond acceptors (Lipinski definition) is 2. The van der Waals surface area contributed by atoms with Crippen LogP contribution in [0.2, 0.25) is 0 Å². The highest BCUT2D eigenvalue weighted by Gasteiger charge is 2.11. The molecule has 0 saturated heterocycles. The highest BCUT2D eigenvalue weighted by Crippen LogP contribution is 2.25. The molecule has 0 aromatic heterocycles. The molecule has 0 amide bonds. The van der Waals surface area contributed by atoms with Gasteiger partial charge < -0.3 is 5.11 Å². The zero-order valence-electron chi connectivity index (χ0n) is 9.26. The Kier molecular flexibility index (Phi) is 3.19. The Morgan fingerprint density at radius 1 is 1.17 bits per heavy atom. The fourth-order valence-electron chi connectivity index (χ4n) is 1.73. The van der Waals surface area contributed by atoms with Gasteiger partial charge in [0.15, 0.2) is 6.29 Å². The second-order valence-corrected chi connectivity index (χ2v) is 3.70. The monoisotopic (exact) mass is 244 g/mol. The van der Waals surface area contributed by atoms with Crippen LogP contribution in [0, 0.1) is 5.82 Å². The van der Waals surface area contributed by atoms with Gasteiger partial charge in [0.2, 0.25) is 0 Å². The Hall–Kier alpha value is -2.49. The summed E-state index contributed by atoms with van der Waals surface area (Å²) in [6.07, 6.45) is 0.429. The van der Waals surface area contributed by atoms with Crippen molar-refractivity contribution >= 4 is 12.3 Å². The standard InChI is InChI=1S/C14H9FO3/c15-13-6-2-5-11(12(13)8-16)9-3-1-4-10(7-9)14(17)18/h1-8H,(H,17,18). The Morgan fingerprint density at radius 2 is 1.89 bits per heavy atom. The van der Waals surface area contributed by atoms with Crippen molar-refractivity contribution in [1.82, 2.24) is 0 Å². The fraction of sp³-hybridized carbons (Fsp3) is 0. The zero-order chi connectivity index (χ0) is 13.1. The second kappa shape index (κ2) is 4.79. The molecule has 0 aliphatic rings. The van der Waals surface area contributed by atoms with E-state index < -0.39 is 11.8 Å². The molecule has 0 bridgehead atoms. The van der Waals surface area contributed by atoms with E-state index in [0.29, 0.717) is 17.4 Å². The summed E-state index contributed by atoms with van der Waals surface area (Å²) in [6.45, 7) is 0. The first-order valence-corrected chi connectivity index (χ1v) is 5.21. The second-order valence-electron chi connectivity index (χ2n) is 3.70. The number of aromatic carboxylic acids is 1. The third kappa shape index (κ3) is 2.13. The molecule has 90 valence electrons. The Morgan fingerprint density at radius 3 is 2.56 bits per heavy atom. The van der Waals surface area contributed by atoms with Crippen molar-refractivity contribution in [1.29, 1.82) is 0 Å². The molecule has 0 spiro atoms. The van der Waals surface area contributed by atoms with E-state index in [1.807, 2.05) is 0 Å². The Bertz CT molecular complexity index is 620. The number of hydrogen-bond donors (Lipinski definition) is 1. The molecule has 3 nitrogen and oxygen atoms in total. The third-order valence-electron chi connectivity index (χ3n) is 2.59. The lowest BCUT2D eigenvalue weighted by molar-refractivity contribution is 0.0697. The summed E-state index contributed by atoms with van der Waals surface area (Å²) < 4.78 is 13.4. The summed E-state index contributed by atoms with van der Waals surface area (Å²) in [5, 5.41) is 8.89. The maximum Gasteiger partial charge on any atom is 0.335 e. The molecule has 0 unspecified atom stereocenters. The van der Waals surface area contributed by atoms with Crippen molar-refractivity contribution in [2.75, 3.05) is 0 Å². The molecule has 1 N–H and O–H groups in total. The van der Waals surface area contributed by atoms with Crippen molar-refractivity contribution in [3.05, 3.63) is 59.4 Å². The largest absolute Gasteiger partial charge is 0.478 e. The molecule has 0 heterocycles. The van der Waals surface area contributed by atoms with Crippen LogP contribution in [-0.2, 0) is 0 Å². The van der Waals surface area contributed by atoms with Gasteiger partial charge in [0, 0.05) is 0 Å². The predicted octanol–water partition coefficient (Wildman–Crippen LogP) is 3.00. The third-order valence-corrected chi connectivity index (χ3v) is 2.59. The van der Waals surface area contributed by atoms with Gasteiger partial charge in [-0.3, -0.25) is 4.79 Å². The summed E-state index contributed by atoms with van der Waals surface area (Å²) in [7, 11) is 0. The summed E-state index contributed by atoms with van der Waals surface area (Å²) in [5.74, 6) is -1.69. The fourth-order valence-corrected chi connectivity index (χ4v) is 1.73. The van der Waals surface area contributed by atoms with Crippen LogP contribution < -0.4 is 0 Å². The Labute approximate surface area is 103 Å². The van der Waals surface area contributed by atoms with Crippen molar-refractivity contribution in [3.63, 3.8) is 0 Å². The highest BCUT2D eigenvalue weighted by molar-refractivity contribution is 5.92. The van der Waals surface area contributed by atoms with E-state index in [9.17, 15) is 14.0 Å². The quantitative estimate of drug-likeness (QED) is 0.844. The summed E-state index contributed by atoms with van der Waals surface area (Å²) in [6, 6.07) is 10.3. The van der Waals surface area contributed by atoms with Crippen LogP contribution in [0.3, 0.4) is 0 Å². The molecular weight excluding hydrogens is 235 g/mol. The van der Waals surface area contributed by atoms with Crippen molar-refractivity contribution < 1.29 is 19.1 Å². The van der Waals surface area contributed by atoms with Gasteiger partial charge in [-0.15, -0.1) is 0 Å². The lowest BCUT2D eigenvalue weighted by Crippen LogP contribution is -1.97. The van der Waals surface area contributed by atoms with Crippen molar-refractivity contribution in [3.8, 4) is 11.1 Å². The molecule has 4 heteroatoms. The van der Waals surface area contributed by atoms with Gasteiger partial charge in [-0.2, -0.15) is 0 Å². The molecule has 2 aromatic rings. The number of rotatable bonds is 3. The molecule has 0 aliphatic carbocycles. The lowest BCUT2D eigenvalue weighted by Gasteiger charge is -2.06. The van der Waals surface area contributed by atoms with E-state index in [1.165, 1.54) is 24.3 Å². The van der Waals surface area contributed by atoms with Gasteiger partial charge in [-0.25, -0.2) is 9.18 Å². The minimum atomic E-state index is -1.07. The van der Waals surface area contributed by atoms with Crippen LogP contribution in [-0.4, -0.2) is 17.4 Å². The molecule has 0 fully saturated rings. The first kappa shape index (κ1) is 12.0. The van der Waals surface area contributed by atoms with Crippen LogP contribution in [0.4, 0.5) is 4.39 Å². The van der Waals surface area contributed by atoms with Gasteiger partial charge in [-0.1, -0.05) is 24.3 Å². The average Bonchev–Trinajstić information content (AvgIpc) is 2.38. The number of carboxylic acid groups (broad SMARTS) is 1. The lowest BCUT2D eigenvalue weighted by atomic mass is 9.98. The summed E-state index contributed by atoms with van der Waals surface area (Å²) in [4.78, 5) is 21.7. The number of carbonyl (C=O) groups excluding carboxylic acids is 1. The number of halogens is 1. The normalized spacial score (nSPS) is 10.1. The van der Waals surface area contributed by atoms with Crippen LogP contribution >= 0.6 is 0 Å². The van der Waals surface area contributed by atoms with E-state index >= 15 is 0 Å². The summed E-state index contributed by atoms with van der Waals surface area (Å²) >= 11 is 0. The van der Waals surface area contributed by atoms with Crippen LogP contribution in [0.15, 0.2) is 42.5 Å². The number of benzene rings is 2. The van der Waals surface area contributed by atoms with E-state index in [4.69, 9.17) is 5.11 Å². The van der Waals surface area contributed by atoms with Crippen molar-refractivity contribution in [2.24, 2.45) is 0 Å². The maximum absolute atomic E-state index is 13.4. The molecule has 18 heavy (non-hydrogen) atoms. The van der Waals surface area contributed by atoms with Gasteiger partial charge in [-0.05, 0) is 29.3 Å². The number of aldehydes is 1. The van der Waals surface area contributed by atoms with Gasteiger partial charge in [0.05, 0.1) is 11.1 Å². The zero-order valence-corrected chi connectivity index (χ0v) is 9.26. The topological polar surface area (TPSA) is 54.4 Å². The van der Waals surface area contributed by atoms with E-state index in [0.717, 1.165) is 0 Å². The van der Waals surface area contributed by atoms with Gasteiger partial charge >= 0.3 is 5.97 Å². The smallest absolute Gasteiger partial charge is 0.335 e. The van der Waals surface area contributed by atoms with Crippen LogP contribution in [0.1, 0.15) is 20.7 Å². The number of carboxylic acids is 1. The van der Waals surface area contributed by atoms with E-state index in [2.05, 4.69) is 0 Å². The maximum atomic E-state index is 13.4. The average molecular weight is 244 g/mol. The molecule has 0 atom stereocenters. The SMILES string of the molecule is O=Cc1c(F)cccc1-c1cccc(C(=O)O)c1. The molecule has 0 aliphatic heterocycles. The van der Waals surface area contributed by atoms with Crippen molar-refractivity contribution in [2.45, 2.75) is 0 Å². The first-order chi connectivity index (χ1) is 8.63. The van der Waals surface area contributed by atoms with Crippen LogP contribution in [0.25, 0.3) is 11.1 Å². The number of carbonyl (C=O) groups is 2. The molecule has 0 radical (unpaired) electrons. The van der Waals surface area contributed by atoms with Crippen LogP contribution in [0.5, 0.6) is 0 Å². The predicted molar refractivity (Wildman–Crippen MR) is 64.2 cm³/mol.